The van der Waals surface area contributed by atoms with Crippen molar-refractivity contribution in [3.05, 3.63) is 58.0 Å². The molecule has 0 spiro atoms. The quantitative estimate of drug-likeness (QED) is 0.754. The van der Waals surface area contributed by atoms with Crippen molar-refractivity contribution in [2.75, 3.05) is 0 Å². The van der Waals surface area contributed by atoms with Crippen molar-refractivity contribution in [3.63, 3.8) is 0 Å². The van der Waals surface area contributed by atoms with Gasteiger partial charge in [-0.2, -0.15) is 0 Å². The molecule has 0 aliphatic carbocycles. The van der Waals surface area contributed by atoms with Crippen molar-refractivity contribution in [1.82, 2.24) is 9.97 Å². The lowest BCUT2D eigenvalue weighted by Gasteiger charge is -2.00. The minimum Gasteiger partial charge on any atom is -0.478 e. The summed E-state index contributed by atoms with van der Waals surface area (Å²) in [7, 11) is 0. The molecule has 0 saturated heterocycles. The fourth-order valence-electron chi connectivity index (χ4n) is 1.87. The van der Waals surface area contributed by atoms with E-state index >= 15 is 0 Å². The summed E-state index contributed by atoms with van der Waals surface area (Å²) in [4.78, 5) is 19.9. The van der Waals surface area contributed by atoms with Crippen LogP contribution in [0.3, 0.4) is 0 Å². The molecule has 1 N–H and O–H groups in total. The molecule has 1 aromatic carbocycles. The molecular formula is C15H9BrN2O2S. The van der Waals surface area contributed by atoms with Gasteiger partial charge in [0.15, 0.2) is 0 Å². The van der Waals surface area contributed by atoms with Gasteiger partial charge in [0, 0.05) is 21.6 Å². The zero-order valence-electron chi connectivity index (χ0n) is 10.7. The number of rotatable bonds is 3. The molecule has 0 amide bonds. The lowest BCUT2D eigenvalue weighted by atomic mass is 10.1. The van der Waals surface area contributed by atoms with E-state index in [2.05, 4.69) is 25.9 Å². The standard InChI is InChI=1S/C15H9BrN2O2S/c16-11-5-2-6-17-13(11)14-18-12(8-21-14)9-3-1-4-10(7-9)15(19)20/h1-8H,(H,19,20). The molecule has 104 valence electrons. The van der Waals surface area contributed by atoms with E-state index in [4.69, 9.17) is 5.11 Å². The number of aromatic carboxylic acids is 1. The number of halogens is 1. The lowest BCUT2D eigenvalue weighted by Crippen LogP contribution is -1.95. The summed E-state index contributed by atoms with van der Waals surface area (Å²) in [6, 6.07) is 10.5. The fraction of sp³-hybridized carbons (Fsp3) is 0. The van der Waals surface area contributed by atoms with Gasteiger partial charge in [-0.1, -0.05) is 12.1 Å². The van der Waals surface area contributed by atoms with Crippen molar-refractivity contribution < 1.29 is 9.90 Å². The lowest BCUT2D eigenvalue weighted by molar-refractivity contribution is 0.0697. The molecule has 0 radical (unpaired) electrons. The first-order valence-electron chi connectivity index (χ1n) is 6.05. The molecule has 3 aromatic rings. The van der Waals surface area contributed by atoms with Crippen LogP contribution in [0.4, 0.5) is 0 Å². The predicted molar refractivity (Wildman–Crippen MR) is 85.4 cm³/mol. The number of hydrogen-bond acceptors (Lipinski definition) is 4. The molecule has 4 nitrogen and oxygen atoms in total. The molecule has 0 aliphatic heterocycles. The van der Waals surface area contributed by atoms with E-state index in [-0.39, 0.29) is 5.56 Å². The van der Waals surface area contributed by atoms with Crippen LogP contribution in [0.25, 0.3) is 22.0 Å². The van der Waals surface area contributed by atoms with Gasteiger partial charge in [0.25, 0.3) is 0 Å². The first kappa shape index (κ1) is 13.9. The number of carboxylic acids is 1. The molecule has 3 rings (SSSR count). The average molecular weight is 361 g/mol. The highest BCUT2D eigenvalue weighted by Crippen LogP contribution is 2.31. The maximum atomic E-state index is 11.0. The Labute approximate surface area is 133 Å². The smallest absolute Gasteiger partial charge is 0.335 e. The van der Waals surface area contributed by atoms with Gasteiger partial charge < -0.3 is 5.11 Å². The number of aromatic nitrogens is 2. The summed E-state index contributed by atoms with van der Waals surface area (Å²) in [5.41, 5.74) is 2.56. The summed E-state index contributed by atoms with van der Waals surface area (Å²) in [5, 5.41) is 11.7. The van der Waals surface area contributed by atoms with E-state index in [1.807, 2.05) is 23.6 Å². The molecule has 0 unspecified atom stereocenters. The molecule has 0 aliphatic rings. The van der Waals surface area contributed by atoms with Crippen LogP contribution >= 0.6 is 27.3 Å². The maximum Gasteiger partial charge on any atom is 0.335 e. The van der Waals surface area contributed by atoms with Gasteiger partial charge in [0.05, 0.1) is 11.3 Å². The van der Waals surface area contributed by atoms with E-state index in [0.29, 0.717) is 0 Å². The number of pyridine rings is 1. The van der Waals surface area contributed by atoms with Gasteiger partial charge in [0.2, 0.25) is 0 Å². The zero-order chi connectivity index (χ0) is 14.8. The van der Waals surface area contributed by atoms with Gasteiger partial charge in [-0.3, -0.25) is 4.98 Å². The largest absolute Gasteiger partial charge is 0.478 e. The first-order valence-corrected chi connectivity index (χ1v) is 7.72. The Morgan fingerprint density at radius 1 is 1.24 bits per heavy atom. The van der Waals surface area contributed by atoms with E-state index < -0.39 is 5.97 Å². The Morgan fingerprint density at radius 2 is 2.10 bits per heavy atom. The highest BCUT2D eigenvalue weighted by molar-refractivity contribution is 9.10. The van der Waals surface area contributed by atoms with Crippen LogP contribution in [0.5, 0.6) is 0 Å². The minimum atomic E-state index is -0.945. The number of thiazole rings is 1. The van der Waals surface area contributed by atoms with E-state index in [9.17, 15) is 4.79 Å². The zero-order valence-corrected chi connectivity index (χ0v) is 13.1. The first-order chi connectivity index (χ1) is 10.1. The van der Waals surface area contributed by atoms with Crippen LogP contribution in [0, 0.1) is 0 Å². The molecule has 21 heavy (non-hydrogen) atoms. The van der Waals surface area contributed by atoms with E-state index in [1.54, 1.807) is 24.4 Å². The SMILES string of the molecule is O=C(O)c1cccc(-c2csc(-c3ncccc3Br)n2)c1. The normalized spacial score (nSPS) is 10.5. The molecule has 6 heteroatoms. The molecule has 0 bridgehead atoms. The fourth-order valence-corrected chi connectivity index (χ4v) is 3.28. The summed E-state index contributed by atoms with van der Waals surface area (Å²) in [5.74, 6) is -0.945. The second kappa shape index (κ2) is 5.75. The Hall–Kier alpha value is -2.05. The number of hydrogen-bond donors (Lipinski definition) is 1. The van der Waals surface area contributed by atoms with E-state index in [0.717, 1.165) is 26.4 Å². The number of carbonyl (C=O) groups is 1. The molecule has 0 saturated carbocycles. The van der Waals surface area contributed by atoms with Gasteiger partial charge >= 0.3 is 5.97 Å². The van der Waals surface area contributed by atoms with Gasteiger partial charge in [-0.05, 0) is 40.2 Å². The minimum absolute atomic E-state index is 0.251. The third-order valence-corrected chi connectivity index (χ3v) is 4.36. The van der Waals surface area contributed by atoms with Gasteiger partial charge in [-0.25, -0.2) is 9.78 Å². The van der Waals surface area contributed by atoms with Crippen molar-refractivity contribution in [3.8, 4) is 22.0 Å². The Bertz CT molecular complexity index is 817. The number of carboxylic acid groups (broad SMARTS) is 1. The van der Waals surface area contributed by atoms with Crippen LogP contribution in [0.15, 0.2) is 52.4 Å². The number of nitrogens with zero attached hydrogens (tertiary/aromatic N) is 2. The highest BCUT2D eigenvalue weighted by atomic mass is 79.9. The third kappa shape index (κ3) is 2.86. The van der Waals surface area contributed by atoms with Crippen molar-refractivity contribution in [1.29, 1.82) is 0 Å². The Kier molecular flexibility index (Phi) is 3.81. The van der Waals surface area contributed by atoms with Crippen LogP contribution in [0.2, 0.25) is 0 Å². The third-order valence-electron chi connectivity index (χ3n) is 2.87. The topological polar surface area (TPSA) is 63.1 Å². The maximum absolute atomic E-state index is 11.0. The van der Waals surface area contributed by atoms with Crippen molar-refractivity contribution >= 4 is 33.2 Å². The average Bonchev–Trinajstić information content (AvgIpc) is 2.97. The summed E-state index contributed by atoms with van der Waals surface area (Å²) < 4.78 is 0.880. The molecule has 0 atom stereocenters. The van der Waals surface area contributed by atoms with Crippen LogP contribution in [-0.2, 0) is 0 Å². The van der Waals surface area contributed by atoms with E-state index in [1.165, 1.54) is 11.3 Å². The van der Waals surface area contributed by atoms with Crippen LogP contribution in [0.1, 0.15) is 10.4 Å². The molecular weight excluding hydrogens is 352 g/mol. The molecule has 2 aromatic heterocycles. The predicted octanol–water partition coefficient (Wildman–Crippen LogP) is 4.33. The second-order valence-electron chi connectivity index (χ2n) is 4.26. The number of benzene rings is 1. The Morgan fingerprint density at radius 3 is 2.86 bits per heavy atom. The summed E-state index contributed by atoms with van der Waals surface area (Å²) in [6.07, 6.45) is 1.71. The second-order valence-corrected chi connectivity index (χ2v) is 5.97. The Balaban J connectivity index is 2.01. The highest BCUT2D eigenvalue weighted by Gasteiger charge is 2.11. The van der Waals surface area contributed by atoms with Gasteiger partial charge in [0.1, 0.15) is 10.7 Å². The van der Waals surface area contributed by atoms with Gasteiger partial charge in [-0.15, -0.1) is 11.3 Å². The van der Waals surface area contributed by atoms with Crippen molar-refractivity contribution in [2.24, 2.45) is 0 Å². The summed E-state index contributed by atoms with van der Waals surface area (Å²) >= 11 is 4.93. The van der Waals surface area contributed by atoms with Crippen LogP contribution < -0.4 is 0 Å². The molecule has 0 fully saturated rings. The summed E-state index contributed by atoms with van der Waals surface area (Å²) in [6.45, 7) is 0. The van der Waals surface area contributed by atoms with Crippen LogP contribution in [-0.4, -0.2) is 21.0 Å². The molecule has 2 heterocycles. The van der Waals surface area contributed by atoms with Crippen molar-refractivity contribution in [2.45, 2.75) is 0 Å². The monoisotopic (exact) mass is 360 g/mol.